The minimum atomic E-state index is -0.711. The molecule has 35 heavy (non-hydrogen) atoms. The molecule has 1 aromatic heterocycles. The lowest BCUT2D eigenvalue weighted by Crippen LogP contribution is -2.22. The Bertz CT molecular complexity index is 1270. The van der Waals surface area contributed by atoms with Crippen LogP contribution in [0.1, 0.15) is 43.6 Å². The van der Waals surface area contributed by atoms with Gasteiger partial charge < -0.3 is 29.4 Å². The third kappa shape index (κ3) is 5.55. The molecular weight excluding hydrogens is 474 g/mol. The Labute approximate surface area is 205 Å². The number of fused-ring (bicyclic) bond motifs is 1. The smallest absolute Gasteiger partial charge is 0.341 e. The molecule has 0 atom stereocenters. The number of hydrogen-bond acceptors (Lipinski definition) is 9. The molecule has 1 aliphatic rings. The molecule has 0 bridgehead atoms. The molecule has 182 valence electrons. The number of nitrogens with one attached hydrogen (secondary N) is 1. The predicted octanol–water partition coefficient (Wildman–Crippen LogP) is 4.05. The van der Waals surface area contributed by atoms with E-state index in [0.717, 1.165) is 16.0 Å². The highest BCUT2D eigenvalue weighted by Gasteiger charge is 2.25. The molecule has 4 rings (SSSR count). The second-order valence-corrected chi connectivity index (χ2v) is 8.82. The number of ether oxygens (including phenoxy) is 4. The van der Waals surface area contributed by atoms with E-state index in [1.807, 2.05) is 25.1 Å². The Morgan fingerprint density at radius 3 is 2.51 bits per heavy atom. The minimum absolute atomic E-state index is 0.00963. The molecule has 1 amide bonds. The zero-order chi connectivity index (χ0) is 24.9. The van der Waals surface area contributed by atoms with Gasteiger partial charge in [-0.15, -0.1) is 11.3 Å². The van der Waals surface area contributed by atoms with Crippen molar-refractivity contribution in [3.8, 4) is 17.2 Å². The first kappa shape index (κ1) is 24.1. The van der Waals surface area contributed by atoms with Crippen LogP contribution in [-0.4, -0.2) is 43.0 Å². The third-order valence-electron chi connectivity index (χ3n) is 5.20. The maximum atomic E-state index is 12.8. The van der Waals surface area contributed by atoms with E-state index in [1.54, 1.807) is 6.92 Å². The second kappa shape index (κ2) is 10.5. The van der Waals surface area contributed by atoms with Crippen molar-refractivity contribution in [1.82, 2.24) is 0 Å². The summed E-state index contributed by atoms with van der Waals surface area (Å²) in [4.78, 5) is 38.3. The number of rotatable bonds is 8. The van der Waals surface area contributed by atoms with Crippen LogP contribution in [0, 0.1) is 6.92 Å². The Balaban J connectivity index is 1.50. The van der Waals surface area contributed by atoms with Crippen molar-refractivity contribution in [3.63, 3.8) is 0 Å². The van der Waals surface area contributed by atoms with Crippen molar-refractivity contribution < 1.29 is 38.4 Å². The van der Waals surface area contributed by atoms with E-state index in [9.17, 15) is 19.5 Å². The van der Waals surface area contributed by atoms with E-state index >= 15 is 0 Å². The Kier molecular flexibility index (Phi) is 7.21. The van der Waals surface area contributed by atoms with Gasteiger partial charge in [0.25, 0.3) is 5.91 Å². The molecule has 1 aliphatic heterocycles. The molecule has 0 fully saturated rings. The molecule has 0 saturated heterocycles. The monoisotopic (exact) mass is 497 g/mol. The highest BCUT2D eigenvalue weighted by atomic mass is 32.1. The molecule has 3 aromatic rings. The van der Waals surface area contributed by atoms with Crippen LogP contribution in [0.4, 0.5) is 5.00 Å². The number of thiophene rings is 1. The van der Waals surface area contributed by atoms with Gasteiger partial charge in [0, 0.05) is 4.88 Å². The summed E-state index contributed by atoms with van der Waals surface area (Å²) in [7, 11) is 0. The van der Waals surface area contributed by atoms with Gasteiger partial charge in [0.2, 0.25) is 6.79 Å². The van der Waals surface area contributed by atoms with Crippen LogP contribution >= 0.6 is 11.3 Å². The zero-order valence-corrected chi connectivity index (χ0v) is 19.9. The molecule has 0 spiro atoms. The van der Waals surface area contributed by atoms with E-state index in [2.05, 4.69) is 5.32 Å². The van der Waals surface area contributed by atoms with E-state index in [1.165, 1.54) is 35.6 Å². The summed E-state index contributed by atoms with van der Waals surface area (Å²) in [5.74, 6) is -0.553. The Morgan fingerprint density at radius 1 is 1.03 bits per heavy atom. The standard InChI is InChI=1S/C25H23NO8S/c1-3-31-25(30)22-18(10-15-4-9-19-20(11-15)34-13-33-19)14(2)35-23(22)26-21(28)12-32-24(29)16-5-7-17(27)8-6-16/h4-9,11,27H,3,10,12-13H2,1-2H3,(H,26,28). The van der Waals surface area contributed by atoms with Gasteiger partial charge in [0.15, 0.2) is 18.1 Å². The molecule has 9 nitrogen and oxygen atoms in total. The summed E-state index contributed by atoms with van der Waals surface area (Å²) in [5.41, 5.74) is 2.09. The SMILES string of the molecule is CCOC(=O)c1c(NC(=O)COC(=O)c2ccc(O)cc2)sc(C)c1Cc1ccc2c(c1)OCO2. The molecule has 0 unspecified atom stereocenters. The summed E-state index contributed by atoms with van der Waals surface area (Å²) in [5, 5.41) is 12.3. The van der Waals surface area contributed by atoms with Gasteiger partial charge in [-0.2, -0.15) is 0 Å². The van der Waals surface area contributed by atoms with Crippen LogP contribution in [0.25, 0.3) is 0 Å². The zero-order valence-electron chi connectivity index (χ0n) is 19.1. The number of aryl methyl sites for hydroxylation is 1. The Morgan fingerprint density at radius 2 is 1.77 bits per heavy atom. The number of esters is 2. The number of carbonyl (C=O) groups excluding carboxylic acids is 3. The van der Waals surface area contributed by atoms with Crippen LogP contribution in [0.5, 0.6) is 17.2 Å². The first-order valence-corrected chi connectivity index (χ1v) is 11.6. The summed E-state index contributed by atoms with van der Waals surface area (Å²) in [6.45, 7) is 3.36. The van der Waals surface area contributed by atoms with Crippen LogP contribution < -0.4 is 14.8 Å². The van der Waals surface area contributed by atoms with Crippen LogP contribution in [0.2, 0.25) is 0 Å². The average molecular weight is 498 g/mol. The van der Waals surface area contributed by atoms with Crippen molar-refractivity contribution in [3.05, 3.63) is 69.6 Å². The topological polar surface area (TPSA) is 120 Å². The number of phenolic OH excluding ortho intramolecular Hbond substituents is 1. The van der Waals surface area contributed by atoms with Gasteiger partial charge in [-0.25, -0.2) is 9.59 Å². The van der Waals surface area contributed by atoms with E-state index in [-0.39, 0.29) is 30.3 Å². The van der Waals surface area contributed by atoms with Gasteiger partial charge in [-0.05, 0) is 67.8 Å². The largest absolute Gasteiger partial charge is 0.508 e. The van der Waals surface area contributed by atoms with E-state index in [0.29, 0.717) is 22.9 Å². The number of benzene rings is 2. The van der Waals surface area contributed by atoms with Crippen molar-refractivity contribution in [2.24, 2.45) is 0 Å². The fourth-order valence-corrected chi connectivity index (χ4v) is 4.61. The lowest BCUT2D eigenvalue weighted by atomic mass is 10.0. The summed E-state index contributed by atoms with van der Waals surface area (Å²) >= 11 is 1.24. The number of hydrogen-bond donors (Lipinski definition) is 2. The molecule has 0 saturated carbocycles. The highest BCUT2D eigenvalue weighted by Crippen LogP contribution is 2.37. The number of carbonyl (C=O) groups is 3. The quantitative estimate of drug-likeness (QED) is 0.447. The van der Waals surface area contributed by atoms with Crippen LogP contribution in [0.15, 0.2) is 42.5 Å². The van der Waals surface area contributed by atoms with Gasteiger partial charge >= 0.3 is 11.9 Å². The number of amides is 1. The summed E-state index contributed by atoms with van der Waals surface area (Å²) in [6, 6.07) is 11.0. The number of phenols is 1. The van der Waals surface area contributed by atoms with Gasteiger partial charge in [-0.1, -0.05) is 6.07 Å². The molecule has 2 aromatic carbocycles. The number of anilines is 1. The lowest BCUT2D eigenvalue weighted by Gasteiger charge is -2.10. The van der Waals surface area contributed by atoms with Crippen molar-refractivity contribution >= 4 is 34.2 Å². The first-order valence-electron chi connectivity index (χ1n) is 10.8. The average Bonchev–Trinajstić information content (AvgIpc) is 3.42. The molecular formula is C25H23NO8S. The predicted molar refractivity (Wildman–Crippen MR) is 127 cm³/mol. The number of aromatic hydroxyl groups is 1. The van der Waals surface area contributed by atoms with Crippen molar-refractivity contribution in [2.45, 2.75) is 20.3 Å². The highest BCUT2D eigenvalue weighted by molar-refractivity contribution is 7.16. The molecule has 10 heteroatoms. The summed E-state index contributed by atoms with van der Waals surface area (Å²) < 4.78 is 21.1. The molecule has 0 radical (unpaired) electrons. The van der Waals surface area contributed by atoms with Gasteiger partial charge in [0.05, 0.1) is 17.7 Å². The Hall–Kier alpha value is -4.05. The van der Waals surface area contributed by atoms with Crippen molar-refractivity contribution in [1.29, 1.82) is 0 Å². The molecule has 2 heterocycles. The normalized spacial score (nSPS) is 11.7. The lowest BCUT2D eigenvalue weighted by molar-refractivity contribution is -0.119. The van der Waals surface area contributed by atoms with Gasteiger partial charge in [-0.3, -0.25) is 4.79 Å². The van der Waals surface area contributed by atoms with E-state index in [4.69, 9.17) is 18.9 Å². The maximum Gasteiger partial charge on any atom is 0.341 e. The van der Waals surface area contributed by atoms with Crippen molar-refractivity contribution in [2.75, 3.05) is 25.3 Å². The van der Waals surface area contributed by atoms with Crippen LogP contribution in [0.3, 0.4) is 0 Å². The van der Waals surface area contributed by atoms with E-state index < -0.39 is 24.5 Å². The minimum Gasteiger partial charge on any atom is -0.508 e. The summed E-state index contributed by atoms with van der Waals surface area (Å²) in [6.07, 6.45) is 0.416. The van der Waals surface area contributed by atoms with Crippen LogP contribution in [-0.2, 0) is 20.7 Å². The maximum absolute atomic E-state index is 12.8. The molecule has 0 aliphatic carbocycles. The van der Waals surface area contributed by atoms with Gasteiger partial charge in [0.1, 0.15) is 10.8 Å². The molecule has 2 N–H and O–H groups in total. The fourth-order valence-electron chi connectivity index (χ4n) is 3.53. The second-order valence-electron chi connectivity index (χ2n) is 7.60. The third-order valence-corrected chi connectivity index (χ3v) is 6.26. The first-order chi connectivity index (χ1) is 16.9. The fraction of sp³-hybridized carbons (Fsp3) is 0.240.